The molecule has 1 aliphatic heterocycles. The van der Waals surface area contributed by atoms with Gasteiger partial charge in [0.05, 0.1) is 10.6 Å². The molecule has 0 atom stereocenters. The highest BCUT2D eigenvalue weighted by atomic mass is 79.9. The maximum absolute atomic E-state index is 12.1. The molecule has 0 spiro atoms. The Morgan fingerprint density at radius 3 is 2.50 bits per heavy atom. The number of benzene rings is 2. The van der Waals surface area contributed by atoms with Crippen molar-refractivity contribution in [2.24, 2.45) is 4.99 Å². The third-order valence-corrected chi connectivity index (χ3v) is 5.21. The number of hydrogen-bond donors (Lipinski definition) is 1. The first-order valence-electron chi connectivity index (χ1n) is 7.67. The van der Waals surface area contributed by atoms with Crippen molar-refractivity contribution in [2.45, 2.75) is 19.8 Å². The van der Waals surface area contributed by atoms with E-state index >= 15 is 0 Å². The predicted molar refractivity (Wildman–Crippen MR) is 105 cm³/mol. The number of rotatable bonds is 3. The number of aliphatic imine (C=N–C) groups is 1. The summed E-state index contributed by atoms with van der Waals surface area (Å²) in [5, 5.41) is 3.41. The molecular formula is C19H17BrN2OS. The summed E-state index contributed by atoms with van der Waals surface area (Å²) in [7, 11) is 0. The second-order valence-electron chi connectivity index (χ2n) is 5.75. The molecule has 3 nitrogen and oxygen atoms in total. The van der Waals surface area contributed by atoms with Gasteiger partial charge >= 0.3 is 0 Å². The average molecular weight is 401 g/mol. The van der Waals surface area contributed by atoms with Gasteiger partial charge in [0, 0.05) is 4.47 Å². The fourth-order valence-electron chi connectivity index (χ4n) is 2.26. The Kier molecular flexibility index (Phi) is 5.21. The van der Waals surface area contributed by atoms with Gasteiger partial charge < -0.3 is 5.32 Å². The number of nitrogens with one attached hydrogen (secondary N) is 1. The van der Waals surface area contributed by atoms with E-state index in [1.807, 2.05) is 42.5 Å². The predicted octanol–water partition coefficient (Wildman–Crippen LogP) is 5.46. The monoisotopic (exact) mass is 400 g/mol. The summed E-state index contributed by atoms with van der Waals surface area (Å²) in [5.41, 5.74) is 3.10. The molecular weight excluding hydrogens is 384 g/mol. The highest BCUT2D eigenvalue weighted by molar-refractivity contribution is 9.10. The van der Waals surface area contributed by atoms with Crippen LogP contribution in [0.4, 0.5) is 5.69 Å². The zero-order valence-corrected chi connectivity index (χ0v) is 15.8. The van der Waals surface area contributed by atoms with E-state index in [2.05, 4.69) is 52.2 Å². The van der Waals surface area contributed by atoms with Crippen LogP contribution < -0.4 is 5.32 Å². The lowest BCUT2D eigenvalue weighted by molar-refractivity contribution is -0.115. The number of hydrogen-bond acceptors (Lipinski definition) is 3. The molecule has 0 saturated carbocycles. The lowest BCUT2D eigenvalue weighted by Crippen LogP contribution is -2.19. The van der Waals surface area contributed by atoms with Crippen LogP contribution in [0.15, 0.2) is 62.9 Å². The van der Waals surface area contributed by atoms with E-state index in [9.17, 15) is 4.79 Å². The van der Waals surface area contributed by atoms with Crippen LogP contribution in [0.5, 0.6) is 0 Å². The highest BCUT2D eigenvalue weighted by Gasteiger charge is 2.23. The van der Waals surface area contributed by atoms with Crippen LogP contribution in [0, 0.1) is 0 Å². The van der Waals surface area contributed by atoms with Crippen molar-refractivity contribution < 1.29 is 4.79 Å². The summed E-state index contributed by atoms with van der Waals surface area (Å²) in [6.45, 7) is 4.33. The zero-order chi connectivity index (χ0) is 17.1. The van der Waals surface area contributed by atoms with Crippen molar-refractivity contribution in [1.29, 1.82) is 0 Å². The minimum Gasteiger partial charge on any atom is -0.300 e. The number of amidine groups is 1. The average Bonchev–Trinajstić information content (AvgIpc) is 2.90. The third-order valence-electron chi connectivity index (χ3n) is 3.63. The summed E-state index contributed by atoms with van der Waals surface area (Å²) in [6, 6.07) is 16.0. The van der Waals surface area contributed by atoms with Gasteiger partial charge in [-0.15, -0.1) is 0 Å². The Balaban J connectivity index is 1.81. The maximum Gasteiger partial charge on any atom is 0.264 e. The molecule has 0 unspecified atom stereocenters. The largest absolute Gasteiger partial charge is 0.300 e. The van der Waals surface area contributed by atoms with Crippen LogP contribution in [0.3, 0.4) is 0 Å². The number of thioether (sulfide) groups is 1. The Hall–Kier alpha value is -1.85. The van der Waals surface area contributed by atoms with Crippen LogP contribution in [0.2, 0.25) is 0 Å². The normalized spacial score (nSPS) is 17.8. The van der Waals surface area contributed by atoms with Crippen molar-refractivity contribution in [3.05, 3.63) is 69.0 Å². The lowest BCUT2D eigenvalue weighted by atomic mass is 10.0. The molecule has 1 saturated heterocycles. The number of halogens is 1. The highest BCUT2D eigenvalue weighted by Crippen LogP contribution is 2.31. The van der Waals surface area contributed by atoms with Gasteiger partial charge in [-0.05, 0) is 62.9 Å². The quantitative estimate of drug-likeness (QED) is 0.694. The van der Waals surface area contributed by atoms with Crippen LogP contribution in [-0.2, 0) is 4.79 Å². The van der Waals surface area contributed by atoms with Crippen LogP contribution >= 0.6 is 27.7 Å². The fourth-order valence-corrected chi connectivity index (χ4v) is 3.47. The molecule has 0 aromatic heterocycles. The van der Waals surface area contributed by atoms with Crippen molar-refractivity contribution in [3.63, 3.8) is 0 Å². The van der Waals surface area contributed by atoms with E-state index in [-0.39, 0.29) is 5.91 Å². The molecule has 1 aliphatic rings. The third kappa shape index (κ3) is 3.97. The first-order chi connectivity index (χ1) is 11.5. The summed E-state index contributed by atoms with van der Waals surface area (Å²) in [6.07, 6.45) is 1.90. The molecule has 3 rings (SSSR count). The van der Waals surface area contributed by atoms with Crippen molar-refractivity contribution in [3.8, 4) is 0 Å². The van der Waals surface area contributed by atoms with Gasteiger partial charge in [-0.1, -0.05) is 50.2 Å². The lowest BCUT2D eigenvalue weighted by Gasteiger charge is -2.04. The van der Waals surface area contributed by atoms with Crippen LogP contribution in [0.1, 0.15) is 30.9 Å². The van der Waals surface area contributed by atoms with E-state index in [0.717, 1.165) is 15.7 Å². The van der Waals surface area contributed by atoms with Gasteiger partial charge in [0.15, 0.2) is 5.17 Å². The summed E-state index contributed by atoms with van der Waals surface area (Å²) in [5.74, 6) is 0.387. The number of amides is 1. The summed E-state index contributed by atoms with van der Waals surface area (Å²) >= 11 is 4.82. The molecule has 0 aliphatic carbocycles. The molecule has 1 amide bonds. The first kappa shape index (κ1) is 17.0. The smallest absolute Gasteiger partial charge is 0.264 e. The molecule has 1 heterocycles. The number of carbonyl (C=O) groups is 1. The molecule has 2 aromatic carbocycles. The maximum atomic E-state index is 12.1. The van der Waals surface area contributed by atoms with Gasteiger partial charge in [-0.25, -0.2) is 4.99 Å². The van der Waals surface area contributed by atoms with Gasteiger partial charge in [0.2, 0.25) is 0 Å². The fraction of sp³-hybridized carbons (Fsp3) is 0.158. The molecule has 0 bridgehead atoms. The summed E-state index contributed by atoms with van der Waals surface area (Å²) in [4.78, 5) is 17.3. The van der Waals surface area contributed by atoms with E-state index in [0.29, 0.717) is 16.0 Å². The Bertz CT molecular complexity index is 826. The SMILES string of the molecule is CC(C)c1ccc(/C=C2/SC(=Nc3ccccc3Br)NC2=O)cc1. The molecule has 0 radical (unpaired) electrons. The zero-order valence-electron chi connectivity index (χ0n) is 13.4. The van der Waals surface area contributed by atoms with E-state index < -0.39 is 0 Å². The summed E-state index contributed by atoms with van der Waals surface area (Å²) < 4.78 is 0.897. The van der Waals surface area contributed by atoms with E-state index in [1.54, 1.807) is 0 Å². The Labute approximate surface area is 154 Å². The Morgan fingerprint density at radius 2 is 1.83 bits per heavy atom. The number of para-hydroxylation sites is 1. The van der Waals surface area contributed by atoms with Gasteiger partial charge in [-0.3, -0.25) is 4.79 Å². The number of carbonyl (C=O) groups excluding carboxylic acids is 1. The number of nitrogens with zero attached hydrogens (tertiary/aromatic N) is 1. The Morgan fingerprint density at radius 1 is 1.12 bits per heavy atom. The van der Waals surface area contributed by atoms with Crippen LogP contribution in [0.25, 0.3) is 6.08 Å². The topological polar surface area (TPSA) is 41.5 Å². The second-order valence-corrected chi connectivity index (χ2v) is 7.64. The molecule has 5 heteroatoms. The van der Waals surface area contributed by atoms with Crippen LogP contribution in [-0.4, -0.2) is 11.1 Å². The molecule has 122 valence electrons. The second kappa shape index (κ2) is 7.36. The standard InChI is InChI=1S/C19H17BrN2OS/c1-12(2)14-9-7-13(8-10-14)11-17-18(23)22-19(24-17)21-16-6-4-3-5-15(16)20/h3-12H,1-2H3,(H,21,22,23)/b17-11+. The van der Waals surface area contributed by atoms with Gasteiger partial charge in [-0.2, -0.15) is 0 Å². The first-order valence-corrected chi connectivity index (χ1v) is 9.28. The minimum absolute atomic E-state index is 0.112. The molecule has 2 aromatic rings. The van der Waals surface area contributed by atoms with Crippen molar-refractivity contribution in [2.75, 3.05) is 0 Å². The van der Waals surface area contributed by atoms with Crippen molar-refractivity contribution >= 4 is 50.5 Å². The molecule has 1 N–H and O–H groups in total. The molecule has 24 heavy (non-hydrogen) atoms. The van der Waals surface area contributed by atoms with Gasteiger partial charge in [0.1, 0.15) is 0 Å². The van der Waals surface area contributed by atoms with E-state index in [1.165, 1.54) is 17.3 Å². The van der Waals surface area contributed by atoms with Crippen molar-refractivity contribution in [1.82, 2.24) is 5.32 Å². The van der Waals surface area contributed by atoms with E-state index in [4.69, 9.17) is 0 Å². The minimum atomic E-state index is -0.112. The van der Waals surface area contributed by atoms with Gasteiger partial charge in [0.25, 0.3) is 5.91 Å². The molecule has 1 fully saturated rings.